The molecule has 1 aliphatic carbocycles. The molecule has 0 saturated heterocycles. The van der Waals surface area contributed by atoms with Crippen molar-refractivity contribution in [1.29, 1.82) is 0 Å². The summed E-state index contributed by atoms with van der Waals surface area (Å²) in [6.07, 6.45) is -0.0641. The molecule has 0 amide bonds. The van der Waals surface area contributed by atoms with Gasteiger partial charge in [-0.3, -0.25) is 4.18 Å². The molecule has 14 heteroatoms. The van der Waals surface area contributed by atoms with E-state index in [1.54, 1.807) is 12.1 Å². The van der Waals surface area contributed by atoms with E-state index in [0.29, 0.717) is 22.3 Å². The van der Waals surface area contributed by atoms with Crippen LogP contribution >= 0.6 is 23.2 Å². The fourth-order valence-corrected chi connectivity index (χ4v) is 6.27. The van der Waals surface area contributed by atoms with Crippen LogP contribution in [0, 0.1) is 0 Å². The maximum Gasteiger partial charge on any atom is 0.333 e. The van der Waals surface area contributed by atoms with Crippen molar-refractivity contribution in [2.75, 3.05) is 6.54 Å². The molecule has 0 unspecified atom stereocenters. The molecule has 1 heterocycles. The van der Waals surface area contributed by atoms with Gasteiger partial charge in [-0.25, -0.2) is 10.1 Å². The van der Waals surface area contributed by atoms with Gasteiger partial charge in [0.05, 0.1) is 23.3 Å². The summed E-state index contributed by atoms with van der Waals surface area (Å²) in [7, 11) is -8.27. The van der Waals surface area contributed by atoms with Crippen molar-refractivity contribution >= 4 is 55.2 Å². The largest absolute Gasteiger partial charge is 0.351 e. The fraction of sp³-hybridized carbons (Fsp3) is 0.231. The lowest BCUT2D eigenvalue weighted by Crippen LogP contribution is -2.52. The number of nitrogens with zero attached hydrogens (tertiary/aromatic N) is 3. The third-order valence-electron chi connectivity index (χ3n) is 6.52. The Labute approximate surface area is 242 Å². The number of nitrogens with two attached hydrogens (primary N) is 1. The third-order valence-corrected chi connectivity index (χ3v) is 8.84. The van der Waals surface area contributed by atoms with Gasteiger partial charge >= 0.3 is 10.3 Å². The number of hydrogen-bond donors (Lipinski definition) is 2. The summed E-state index contributed by atoms with van der Waals surface area (Å²) >= 11 is 12.1. The van der Waals surface area contributed by atoms with E-state index in [4.69, 9.17) is 37.6 Å². The molecule has 1 fully saturated rings. The van der Waals surface area contributed by atoms with Gasteiger partial charge in [-0.1, -0.05) is 65.7 Å². The molecule has 5 rings (SSSR count). The number of hydrogen-bond acceptors (Lipinski definition) is 6. The Morgan fingerprint density at radius 1 is 0.925 bits per heavy atom. The van der Waals surface area contributed by atoms with Crippen LogP contribution in [0.2, 0.25) is 10.0 Å². The topological polar surface area (TPSA) is 144 Å². The summed E-state index contributed by atoms with van der Waals surface area (Å²) in [5.41, 5.74) is 2.53. The minimum atomic E-state index is -4.16. The van der Waals surface area contributed by atoms with E-state index in [0.717, 1.165) is 11.1 Å². The fourth-order valence-electron chi connectivity index (χ4n) is 4.52. The van der Waals surface area contributed by atoms with E-state index >= 15 is 0 Å². The van der Waals surface area contributed by atoms with E-state index in [1.807, 2.05) is 42.5 Å². The van der Waals surface area contributed by atoms with E-state index < -0.39 is 26.4 Å². The predicted octanol–water partition coefficient (Wildman–Crippen LogP) is 3.88. The smallest absolute Gasteiger partial charge is 0.333 e. The van der Waals surface area contributed by atoms with Gasteiger partial charge in [-0.15, -0.1) is 4.40 Å². The van der Waals surface area contributed by atoms with Crippen LogP contribution in [0.3, 0.4) is 0 Å². The molecular weight excluding hydrogens is 597 g/mol. The second-order valence-corrected chi connectivity index (χ2v) is 13.1. The lowest BCUT2D eigenvalue weighted by molar-refractivity contribution is 0.0983. The molecule has 1 atom stereocenters. The van der Waals surface area contributed by atoms with Gasteiger partial charge < -0.3 is 5.32 Å². The number of halogens is 2. The van der Waals surface area contributed by atoms with Crippen LogP contribution in [0.15, 0.2) is 93.3 Å². The quantitative estimate of drug-likeness (QED) is 0.301. The average Bonchev–Trinajstić information content (AvgIpc) is 3.33. The predicted molar refractivity (Wildman–Crippen MR) is 154 cm³/mol. The summed E-state index contributed by atoms with van der Waals surface area (Å²) in [5.74, 6) is -0.202. The van der Waals surface area contributed by atoms with Crippen molar-refractivity contribution in [2.24, 2.45) is 14.6 Å². The summed E-state index contributed by atoms with van der Waals surface area (Å²) in [4.78, 5) is -0.0408. The zero-order chi connectivity index (χ0) is 28.5. The molecule has 40 heavy (non-hydrogen) atoms. The van der Waals surface area contributed by atoms with Gasteiger partial charge in [0, 0.05) is 22.0 Å². The molecular formula is C26H25Cl2N5O5S2. The third kappa shape index (κ3) is 6.82. The highest BCUT2D eigenvalue weighted by Gasteiger charge is 2.37. The minimum absolute atomic E-state index is 0.00102. The number of rotatable bonds is 7. The van der Waals surface area contributed by atoms with Crippen molar-refractivity contribution in [3.8, 4) is 0 Å². The maximum absolute atomic E-state index is 13.3. The summed E-state index contributed by atoms with van der Waals surface area (Å²) < 4.78 is 58.2. The van der Waals surface area contributed by atoms with Crippen molar-refractivity contribution in [2.45, 2.75) is 35.8 Å². The summed E-state index contributed by atoms with van der Waals surface area (Å²) in [6.45, 7) is 0.299. The normalized spacial score (nSPS) is 21.6. The van der Waals surface area contributed by atoms with E-state index in [1.165, 1.54) is 29.3 Å². The lowest BCUT2D eigenvalue weighted by Gasteiger charge is -2.36. The SMILES string of the molecule is NS(=O)(=O)OC1CC(N/C(=N\S(=O)(=O)c2ccc(Cl)cc2)N2C[C@@H](c3ccccc3)C(c3ccc(Cl)cc3)=N2)C1. The molecule has 0 spiro atoms. The van der Waals surface area contributed by atoms with Gasteiger partial charge in [0.2, 0.25) is 5.96 Å². The van der Waals surface area contributed by atoms with Crippen molar-refractivity contribution in [3.63, 3.8) is 0 Å². The number of benzene rings is 3. The summed E-state index contributed by atoms with van der Waals surface area (Å²) in [5, 5.41) is 15.4. The van der Waals surface area contributed by atoms with E-state index in [9.17, 15) is 16.8 Å². The van der Waals surface area contributed by atoms with Crippen molar-refractivity contribution < 1.29 is 21.0 Å². The summed E-state index contributed by atoms with van der Waals surface area (Å²) in [6, 6.07) is 22.3. The Bertz CT molecular complexity index is 1640. The Hall–Kier alpha value is -3.00. The van der Waals surface area contributed by atoms with Gasteiger partial charge in [0.25, 0.3) is 10.0 Å². The Kier molecular flexibility index (Phi) is 8.18. The van der Waals surface area contributed by atoms with Gasteiger partial charge in [-0.05, 0) is 60.4 Å². The van der Waals surface area contributed by atoms with Gasteiger partial charge in [0.1, 0.15) is 0 Å². The number of hydrazone groups is 1. The first-order valence-corrected chi connectivity index (χ1v) is 15.9. The second-order valence-electron chi connectivity index (χ2n) is 9.41. The minimum Gasteiger partial charge on any atom is -0.351 e. The van der Waals surface area contributed by atoms with E-state index in [-0.39, 0.29) is 35.7 Å². The zero-order valence-electron chi connectivity index (χ0n) is 20.9. The zero-order valence-corrected chi connectivity index (χ0v) is 24.0. The van der Waals surface area contributed by atoms with E-state index in [2.05, 4.69) is 9.71 Å². The van der Waals surface area contributed by atoms with Crippen LogP contribution in [0.25, 0.3) is 0 Å². The van der Waals surface area contributed by atoms with Crippen LogP contribution in [-0.2, 0) is 24.5 Å². The molecule has 1 saturated carbocycles. The highest BCUT2D eigenvalue weighted by Crippen LogP contribution is 2.31. The van der Waals surface area contributed by atoms with Crippen LogP contribution in [0.4, 0.5) is 0 Å². The number of sulfonamides is 1. The molecule has 2 aliphatic rings. The molecule has 10 nitrogen and oxygen atoms in total. The van der Waals surface area contributed by atoms with Crippen molar-refractivity contribution in [3.05, 3.63) is 100 Å². The molecule has 3 aromatic rings. The molecule has 1 aliphatic heterocycles. The first-order valence-electron chi connectivity index (χ1n) is 12.2. The second kappa shape index (κ2) is 11.5. The van der Waals surface area contributed by atoms with Gasteiger partial charge in [-0.2, -0.15) is 21.9 Å². The Morgan fingerprint density at radius 3 is 2.12 bits per heavy atom. The highest BCUT2D eigenvalue weighted by molar-refractivity contribution is 7.90. The van der Waals surface area contributed by atoms with Crippen LogP contribution in [0.1, 0.15) is 29.9 Å². The molecule has 0 bridgehead atoms. The molecule has 3 aromatic carbocycles. The molecule has 0 aromatic heterocycles. The highest BCUT2D eigenvalue weighted by atomic mass is 35.5. The number of guanidine groups is 1. The van der Waals surface area contributed by atoms with Crippen LogP contribution < -0.4 is 10.5 Å². The Morgan fingerprint density at radius 2 is 1.52 bits per heavy atom. The van der Waals surface area contributed by atoms with Gasteiger partial charge in [0.15, 0.2) is 0 Å². The lowest BCUT2D eigenvalue weighted by atomic mass is 9.89. The van der Waals surface area contributed by atoms with Crippen molar-refractivity contribution in [1.82, 2.24) is 10.3 Å². The molecule has 0 radical (unpaired) electrons. The first kappa shape index (κ1) is 28.5. The average molecular weight is 623 g/mol. The first-order chi connectivity index (χ1) is 19.0. The Balaban J connectivity index is 1.51. The molecule has 3 N–H and O–H groups in total. The monoisotopic (exact) mass is 621 g/mol. The standard InChI is InChI=1S/C26H25Cl2N5O5S2/c27-19-8-6-18(7-9-19)25-24(17-4-2-1-3-5-17)16-33(31-25)26(30-21-14-22(15-21)38-40(29,36)37)32-39(34,35)23-12-10-20(28)11-13-23/h1-13,21-22,24H,14-16H2,(H,30,32)(H2,29,36,37)/t21?,22?,24-/m0/s1. The van der Waals surface area contributed by atoms with Crippen LogP contribution in [0.5, 0.6) is 0 Å². The maximum atomic E-state index is 13.3. The number of nitrogens with one attached hydrogen (secondary N) is 1. The van der Waals surface area contributed by atoms with Crippen LogP contribution in [-0.4, -0.2) is 52.2 Å². The molecule has 210 valence electrons.